The van der Waals surface area contributed by atoms with Crippen LogP contribution >= 0.6 is 0 Å². The molecule has 0 amide bonds. The molecule has 0 nitrogen and oxygen atoms in total. The van der Waals surface area contributed by atoms with Crippen LogP contribution in [0, 0.1) is 7.43 Å². The fraction of sp³-hybridized carbons (Fsp3) is 0. The predicted octanol–water partition coefficient (Wildman–Crippen LogP) is 1.45. The summed E-state index contributed by atoms with van der Waals surface area (Å²) in [6, 6.07) is 21.4. The summed E-state index contributed by atoms with van der Waals surface area (Å²) >= 11 is 0. The van der Waals surface area contributed by atoms with E-state index in [-0.39, 0.29) is 26.3 Å². The molecule has 0 atom stereocenters. The van der Waals surface area contributed by atoms with E-state index in [0.717, 1.165) is 0 Å². The minimum Gasteiger partial charge on any atom is -0.358 e. The van der Waals surface area contributed by atoms with Crippen molar-refractivity contribution in [3.8, 4) is 0 Å². The largest absolute Gasteiger partial charge is 1.00 e. The molecule has 0 saturated heterocycles. The first kappa shape index (κ1) is 12.8. The van der Waals surface area contributed by atoms with E-state index >= 15 is 0 Å². The molecule has 16 heavy (non-hydrogen) atoms. The maximum atomic E-state index is 2.24. The average molecular weight is 200 g/mol. The van der Waals surface area contributed by atoms with E-state index in [1.54, 1.807) is 0 Å². The van der Waals surface area contributed by atoms with Gasteiger partial charge in [-0.3, -0.25) is 0 Å². The van der Waals surface area contributed by atoms with Gasteiger partial charge in [-0.25, -0.2) is 0 Å². The van der Waals surface area contributed by atoms with E-state index in [9.17, 15) is 0 Å². The molecule has 0 radical (unpaired) electrons. The van der Waals surface area contributed by atoms with Gasteiger partial charge in [0.2, 0.25) is 0 Å². The minimum absolute atomic E-state index is 0. The quantitative estimate of drug-likeness (QED) is 0.293. The van der Waals surface area contributed by atoms with Crippen molar-refractivity contribution in [2.75, 3.05) is 0 Å². The van der Waals surface area contributed by atoms with Crippen molar-refractivity contribution in [2.45, 2.75) is 0 Å². The maximum absolute atomic E-state index is 2.24. The van der Waals surface area contributed by atoms with Gasteiger partial charge in [0.05, 0.1) is 0 Å². The first-order chi connectivity index (χ1) is 6.93. The van der Waals surface area contributed by atoms with Crippen molar-refractivity contribution in [1.29, 1.82) is 0 Å². The van der Waals surface area contributed by atoms with Gasteiger partial charge in [-0.2, -0.15) is 0 Å². The van der Waals surface area contributed by atoms with Crippen LogP contribution in [0.4, 0.5) is 0 Å². The number of rotatable bonds is 0. The summed E-state index contributed by atoms with van der Waals surface area (Å²) in [7, 11) is 0. The van der Waals surface area contributed by atoms with Crippen molar-refractivity contribution in [2.24, 2.45) is 0 Å². The van der Waals surface area contributed by atoms with Gasteiger partial charge in [-0.15, -0.1) is 0 Å². The molecule has 3 aromatic rings. The Kier molecular flexibility index (Phi) is 4.18. The smallest absolute Gasteiger partial charge is 0.358 e. The first-order valence-corrected chi connectivity index (χ1v) is 4.81. The summed E-state index contributed by atoms with van der Waals surface area (Å²) in [6.45, 7) is 0. The number of hydrogen-bond acceptors (Lipinski definition) is 0. The summed E-state index contributed by atoms with van der Waals surface area (Å²) in [5, 5.41) is 5.25. The third-order valence-corrected chi connectivity index (χ3v) is 2.61. The summed E-state index contributed by atoms with van der Waals surface area (Å²) in [5.41, 5.74) is 0. The van der Waals surface area contributed by atoms with E-state index in [2.05, 4.69) is 60.7 Å². The van der Waals surface area contributed by atoms with Crippen LogP contribution in [0.15, 0.2) is 60.7 Å². The standard InChI is InChI=1S/C14H10.CH3.Li/c1-2-6-12-10-14-8-4-3-7-13(14)9-11(12)5-1;;/h1-10H;1H3;/q;-1;+1. The van der Waals surface area contributed by atoms with E-state index in [1.807, 2.05) is 0 Å². The molecule has 0 spiro atoms. The molecule has 3 rings (SSSR count). The predicted molar refractivity (Wildman–Crippen MR) is 67.9 cm³/mol. The van der Waals surface area contributed by atoms with Gasteiger partial charge in [-0.05, 0) is 33.7 Å². The van der Waals surface area contributed by atoms with Gasteiger partial charge in [0.15, 0.2) is 0 Å². The van der Waals surface area contributed by atoms with Gasteiger partial charge < -0.3 is 7.43 Å². The minimum atomic E-state index is 0. The fourth-order valence-electron chi connectivity index (χ4n) is 1.88. The molecular weight excluding hydrogens is 187 g/mol. The summed E-state index contributed by atoms with van der Waals surface area (Å²) in [6.07, 6.45) is 0. The number of hydrogen-bond donors (Lipinski definition) is 0. The van der Waals surface area contributed by atoms with E-state index in [4.69, 9.17) is 0 Å². The van der Waals surface area contributed by atoms with E-state index < -0.39 is 0 Å². The fourth-order valence-corrected chi connectivity index (χ4v) is 1.88. The van der Waals surface area contributed by atoms with Crippen molar-refractivity contribution < 1.29 is 18.9 Å². The van der Waals surface area contributed by atoms with Crippen LogP contribution in [0.2, 0.25) is 0 Å². The van der Waals surface area contributed by atoms with Crippen LogP contribution < -0.4 is 18.9 Å². The van der Waals surface area contributed by atoms with Gasteiger partial charge >= 0.3 is 18.9 Å². The molecule has 0 N–H and O–H groups in total. The van der Waals surface area contributed by atoms with Crippen molar-refractivity contribution in [1.82, 2.24) is 0 Å². The molecule has 0 fully saturated rings. The maximum Gasteiger partial charge on any atom is 1.00 e. The zero-order valence-electron chi connectivity index (χ0n) is 9.77. The normalized spacial score (nSPS) is 9.50. The van der Waals surface area contributed by atoms with Crippen LogP contribution in [0.25, 0.3) is 21.5 Å². The van der Waals surface area contributed by atoms with Gasteiger partial charge in [-0.1, -0.05) is 48.5 Å². The Morgan fingerprint density at radius 1 is 0.500 bits per heavy atom. The van der Waals surface area contributed by atoms with Gasteiger partial charge in [0.1, 0.15) is 0 Å². The first-order valence-electron chi connectivity index (χ1n) is 4.81. The third kappa shape index (κ3) is 2.14. The van der Waals surface area contributed by atoms with Crippen LogP contribution in [0.3, 0.4) is 0 Å². The van der Waals surface area contributed by atoms with Crippen LogP contribution in [0.1, 0.15) is 0 Å². The van der Waals surface area contributed by atoms with Crippen LogP contribution in [0.5, 0.6) is 0 Å². The average Bonchev–Trinajstić information content (AvgIpc) is 2.26. The topological polar surface area (TPSA) is 0 Å². The SMILES string of the molecule is [CH3-].[Li+].c1ccc2cc3ccccc3cc2c1. The second-order valence-electron chi connectivity index (χ2n) is 3.55. The molecule has 0 unspecified atom stereocenters. The number of benzene rings is 3. The molecule has 0 heterocycles. The van der Waals surface area contributed by atoms with Crippen LogP contribution in [-0.4, -0.2) is 0 Å². The molecule has 3 aromatic carbocycles. The number of fused-ring (bicyclic) bond motifs is 2. The van der Waals surface area contributed by atoms with Crippen molar-refractivity contribution >= 4 is 21.5 Å². The summed E-state index contributed by atoms with van der Waals surface area (Å²) in [4.78, 5) is 0. The summed E-state index contributed by atoms with van der Waals surface area (Å²) in [5.74, 6) is 0. The molecule has 0 aromatic heterocycles. The van der Waals surface area contributed by atoms with Crippen molar-refractivity contribution in [3.05, 3.63) is 68.1 Å². The monoisotopic (exact) mass is 200 g/mol. The van der Waals surface area contributed by atoms with Gasteiger partial charge in [0, 0.05) is 0 Å². The Morgan fingerprint density at radius 3 is 1.00 bits per heavy atom. The third-order valence-electron chi connectivity index (χ3n) is 2.61. The molecule has 74 valence electrons. The van der Waals surface area contributed by atoms with E-state index in [1.165, 1.54) is 21.5 Å². The Balaban J connectivity index is 0.000000640. The van der Waals surface area contributed by atoms with Crippen molar-refractivity contribution in [3.63, 3.8) is 0 Å². The van der Waals surface area contributed by atoms with Crippen LogP contribution in [-0.2, 0) is 0 Å². The zero-order valence-corrected chi connectivity index (χ0v) is 9.77. The van der Waals surface area contributed by atoms with Gasteiger partial charge in [0.25, 0.3) is 0 Å². The zero-order chi connectivity index (χ0) is 9.38. The molecule has 0 bridgehead atoms. The molecular formula is C15H13Li. The Hall–Kier alpha value is -1.22. The molecule has 0 aliphatic carbocycles. The van der Waals surface area contributed by atoms with E-state index in [0.29, 0.717) is 0 Å². The summed E-state index contributed by atoms with van der Waals surface area (Å²) < 4.78 is 0. The Bertz CT molecular complexity index is 494. The second-order valence-corrected chi connectivity index (χ2v) is 3.55. The second kappa shape index (κ2) is 5.21. The Labute approximate surface area is 108 Å². The molecule has 0 aliphatic heterocycles. The molecule has 1 heteroatoms. The Morgan fingerprint density at radius 2 is 0.750 bits per heavy atom. The molecule has 0 saturated carbocycles. The molecule has 0 aliphatic rings.